The highest BCUT2D eigenvalue weighted by molar-refractivity contribution is 7.80. The minimum Gasteiger partial charge on any atom is -0.465 e. The lowest BCUT2D eigenvalue weighted by atomic mass is 10.3. The maximum Gasteiger partial charge on any atom is 0.340 e. The molecule has 0 saturated carbocycles. The van der Waals surface area contributed by atoms with Crippen LogP contribution in [-0.4, -0.2) is 24.2 Å². The van der Waals surface area contributed by atoms with Gasteiger partial charge in [0.05, 0.1) is 12.7 Å². The van der Waals surface area contributed by atoms with Gasteiger partial charge in [-0.25, -0.2) is 4.79 Å². The van der Waals surface area contributed by atoms with Crippen LogP contribution < -0.4 is 10.6 Å². The van der Waals surface area contributed by atoms with Gasteiger partial charge in [-0.1, -0.05) is 6.92 Å². The minimum absolute atomic E-state index is 0.299. The Morgan fingerprint density at radius 1 is 1.61 bits per heavy atom. The van der Waals surface area contributed by atoms with E-state index in [1.165, 1.54) is 18.4 Å². The smallest absolute Gasteiger partial charge is 0.340 e. The molecule has 0 aliphatic carbocycles. The van der Waals surface area contributed by atoms with Crippen LogP contribution in [0.4, 0.5) is 5.00 Å². The molecule has 1 heterocycles. The number of methoxy groups -OCH3 is 1. The van der Waals surface area contributed by atoms with E-state index in [0.29, 0.717) is 16.7 Å². The number of anilines is 1. The molecule has 4 nitrogen and oxygen atoms in total. The van der Waals surface area contributed by atoms with Crippen LogP contribution in [0.5, 0.6) is 0 Å². The van der Waals surface area contributed by atoms with Crippen molar-refractivity contribution < 1.29 is 9.53 Å². The van der Waals surface area contributed by atoms with Crippen molar-refractivity contribution in [1.29, 1.82) is 0 Å². The number of thiocarbonyl (C=S) groups is 1. The summed E-state index contributed by atoms with van der Waals surface area (Å²) in [5.41, 5.74) is 0.522. The highest BCUT2D eigenvalue weighted by atomic mass is 32.1. The molecule has 0 aromatic carbocycles. The second-order valence-electron chi connectivity index (χ2n) is 4.00. The Hall–Kier alpha value is -1.14. The number of esters is 1. The average Bonchev–Trinajstić information content (AvgIpc) is 2.68. The van der Waals surface area contributed by atoms with Gasteiger partial charge in [0.2, 0.25) is 0 Å². The maximum absolute atomic E-state index is 11.6. The highest BCUT2D eigenvalue weighted by Crippen LogP contribution is 2.28. The molecule has 2 N–H and O–H groups in total. The number of hydrogen-bond acceptors (Lipinski definition) is 4. The summed E-state index contributed by atoms with van der Waals surface area (Å²) in [5.74, 6) is -0.354. The van der Waals surface area contributed by atoms with Crippen LogP contribution in [0.3, 0.4) is 0 Å². The van der Waals surface area contributed by atoms with Crippen LogP contribution in [0.25, 0.3) is 0 Å². The first kappa shape index (κ1) is 14.9. The van der Waals surface area contributed by atoms with E-state index in [0.717, 1.165) is 16.3 Å². The van der Waals surface area contributed by atoms with Gasteiger partial charge in [-0.2, -0.15) is 0 Å². The molecule has 1 rings (SSSR count). The number of carbonyl (C=O) groups is 1. The second kappa shape index (κ2) is 6.70. The summed E-state index contributed by atoms with van der Waals surface area (Å²) in [4.78, 5) is 12.6. The van der Waals surface area contributed by atoms with Crippen molar-refractivity contribution in [3.05, 3.63) is 16.5 Å². The first-order valence-electron chi connectivity index (χ1n) is 5.74. The normalized spacial score (nSPS) is 11.8. The molecular weight excluding hydrogens is 268 g/mol. The van der Waals surface area contributed by atoms with Crippen molar-refractivity contribution in [2.24, 2.45) is 0 Å². The van der Waals surface area contributed by atoms with Crippen LogP contribution in [-0.2, 0) is 4.74 Å². The topological polar surface area (TPSA) is 50.4 Å². The first-order valence-corrected chi connectivity index (χ1v) is 6.96. The lowest BCUT2D eigenvalue weighted by molar-refractivity contribution is 0.0602. The Morgan fingerprint density at radius 2 is 2.28 bits per heavy atom. The molecule has 100 valence electrons. The van der Waals surface area contributed by atoms with Gasteiger partial charge in [-0.05, 0) is 38.6 Å². The maximum atomic E-state index is 11.6. The molecule has 0 aliphatic heterocycles. The number of carbonyl (C=O) groups excluding carboxylic acids is 1. The molecule has 0 fully saturated rings. The van der Waals surface area contributed by atoms with Crippen LogP contribution in [0, 0.1) is 6.92 Å². The van der Waals surface area contributed by atoms with E-state index in [1.807, 2.05) is 6.92 Å². The highest BCUT2D eigenvalue weighted by Gasteiger charge is 2.16. The molecule has 1 aromatic rings. The van der Waals surface area contributed by atoms with Gasteiger partial charge < -0.3 is 15.4 Å². The molecule has 0 spiro atoms. The summed E-state index contributed by atoms with van der Waals surface area (Å²) in [7, 11) is 1.37. The monoisotopic (exact) mass is 286 g/mol. The SMILES string of the molecule is CCC(C)NC(=S)Nc1sc(C)cc1C(=O)OC. The molecular formula is C12H18N2O2S2. The summed E-state index contributed by atoms with van der Waals surface area (Å²) >= 11 is 6.68. The molecule has 0 bridgehead atoms. The van der Waals surface area contributed by atoms with Crippen LogP contribution in [0.15, 0.2) is 6.07 Å². The summed E-state index contributed by atoms with van der Waals surface area (Å²) in [6.45, 7) is 6.07. The average molecular weight is 286 g/mol. The van der Waals surface area contributed by atoms with E-state index >= 15 is 0 Å². The van der Waals surface area contributed by atoms with Gasteiger partial charge in [0.25, 0.3) is 0 Å². The van der Waals surface area contributed by atoms with Crippen molar-refractivity contribution in [3.8, 4) is 0 Å². The van der Waals surface area contributed by atoms with Crippen LogP contribution >= 0.6 is 23.6 Å². The number of aryl methyl sites for hydroxylation is 1. The summed E-state index contributed by atoms with van der Waals surface area (Å²) in [5, 5.41) is 7.44. The molecule has 1 atom stereocenters. The molecule has 1 unspecified atom stereocenters. The Labute approximate surface area is 117 Å². The van der Waals surface area contributed by atoms with Gasteiger partial charge in [0, 0.05) is 10.9 Å². The lowest BCUT2D eigenvalue weighted by Gasteiger charge is -2.14. The zero-order valence-corrected chi connectivity index (χ0v) is 12.6. The predicted molar refractivity (Wildman–Crippen MR) is 79.5 cm³/mol. The van der Waals surface area contributed by atoms with E-state index in [1.54, 1.807) is 6.07 Å². The lowest BCUT2D eigenvalue weighted by Crippen LogP contribution is -2.35. The standard InChI is InChI=1S/C12H18N2O2S2/c1-5-7(2)13-12(17)14-10-9(11(15)16-4)6-8(3)18-10/h6-7H,5H2,1-4H3,(H2,13,14,17). The molecule has 1 aromatic heterocycles. The van der Waals surface area contributed by atoms with Gasteiger partial charge in [0.1, 0.15) is 5.00 Å². The Balaban J connectivity index is 2.78. The number of ether oxygens (including phenoxy) is 1. The van der Waals surface area contributed by atoms with Crippen molar-refractivity contribution >= 4 is 39.6 Å². The van der Waals surface area contributed by atoms with Gasteiger partial charge >= 0.3 is 5.97 Å². The quantitative estimate of drug-likeness (QED) is 0.658. The van der Waals surface area contributed by atoms with E-state index in [4.69, 9.17) is 17.0 Å². The van der Waals surface area contributed by atoms with Crippen molar-refractivity contribution in [3.63, 3.8) is 0 Å². The van der Waals surface area contributed by atoms with Crippen molar-refractivity contribution in [2.75, 3.05) is 12.4 Å². The zero-order chi connectivity index (χ0) is 13.7. The molecule has 6 heteroatoms. The molecule has 0 radical (unpaired) electrons. The van der Waals surface area contributed by atoms with Gasteiger partial charge in [-0.15, -0.1) is 11.3 Å². The predicted octanol–water partition coefficient (Wildman–Crippen LogP) is 2.93. The van der Waals surface area contributed by atoms with Crippen molar-refractivity contribution in [1.82, 2.24) is 5.32 Å². The largest absolute Gasteiger partial charge is 0.465 e. The van der Waals surface area contributed by atoms with Crippen molar-refractivity contribution in [2.45, 2.75) is 33.2 Å². The third kappa shape index (κ3) is 3.96. The fraction of sp³-hybridized carbons (Fsp3) is 0.500. The van der Waals surface area contributed by atoms with E-state index in [9.17, 15) is 4.79 Å². The second-order valence-corrected chi connectivity index (χ2v) is 5.66. The summed E-state index contributed by atoms with van der Waals surface area (Å²) in [6.07, 6.45) is 0.981. The summed E-state index contributed by atoms with van der Waals surface area (Å²) < 4.78 is 4.74. The van der Waals surface area contributed by atoms with Gasteiger partial charge in [0.15, 0.2) is 5.11 Å². The fourth-order valence-corrected chi connectivity index (χ4v) is 2.61. The Kier molecular flexibility index (Phi) is 5.55. The fourth-order valence-electron chi connectivity index (χ4n) is 1.33. The molecule has 0 amide bonds. The number of nitrogens with one attached hydrogen (secondary N) is 2. The molecule has 0 saturated heterocycles. The van der Waals surface area contributed by atoms with E-state index in [-0.39, 0.29) is 5.97 Å². The molecule has 0 aliphatic rings. The number of thiophene rings is 1. The molecule has 18 heavy (non-hydrogen) atoms. The van der Waals surface area contributed by atoms with E-state index < -0.39 is 0 Å². The van der Waals surface area contributed by atoms with Crippen LogP contribution in [0.2, 0.25) is 0 Å². The Morgan fingerprint density at radius 3 is 2.83 bits per heavy atom. The Bertz CT molecular complexity index is 443. The number of hydrogen-bond donors (Lipinski definition) is 2. The third-order valence-electron chi connectivity index (χ3n) is 2.48. The summed E-state index contributed by atoms with van der Waals surface area (Å²) in [6, 6.07) is 2.10. The number of rotatable bonds is 4. The third-order valence-corrected chi connectivity index (χ3v) is 3.66. The van der Waals surface area contributed by atoms with E-state index in [2.05, 4.69) is 24.5 Å². The van der Waals surface area contributed by atoms with Crippen LogP contribution in [0.1, 0.15) is 35.5 Å². The first-order chi connectivity index (χ1) is 8.47. The van der Waals surface area contributed by atoms with Gasteiger partial charge in [-0.3, -0.25) is 0 Å². The minimum atomic E-state index is -0.354. The zero-order valence-electron chi connectivity index (χ0n) is 11.0.